The summed E-state index contributed by atoms with van der Waals surface area (Å²) >= 11 is 6.25. The summed E-state index contributed by atoms with van der Waals surface area (Å²) in [6, 6.07) is 6.33. The predicted molar refractivity (Wildman–Crippen MR) is 76.8 cm³/mol. The third-order valence-corrected chi connectivity index (χ3v) is 5.09. The zero-order valence-corrected chi connectivity index (χ0v) is 13.6. The molecule has 0 atom stereocenters. The lowest BCUT2D eigenvalue weighted by atomic mass is 10.4. The number of hydrogen-bond donors (Lipinski definition) is 1. The van der Waals surface area contributed by atoms with Gasteiger partial charge in [0.05, 0.1) is 0 Å². The highest BCUT2D eigenvalue weighted by Crippen LogP contribution is 2.27. The van der Waals surface area contributed by atoms with E-state index in [0.717, 1.165) is 12.1 Å². The summed E-state index contributed by atoms with van der Waals surface area (Å²) in [4.78, 5) is 2.82. The van der Waals surface area contributed by atoms with Gasteiger partial charge in [0.2, 0.25) is 11.9 Å². The van der Waals surface area contributed by atoms with Crippen LogP contribution in [0, 0.1) is 11.9 Å². The van der Waals surface area contributed by atoms with Crippen molar-refractivity contribution in [1.29, 1.82) is 0 Å². The Hall–Kier alpha value is -1.06. The summed E-state index contributed by atoms with van der Waals surface area (Å²) in [5.41, 5.74) is -0.432. The average molecular weight is 428 g/mol. The molecule has 1 aromatic heterocycles. The third kappa shape index (κ3) is 3.33. The van der Waals surface area contributed by atoms with Crippen molar-refractivity contribution in [2.75, 3.05) is 4.72 Å². The van der Waals surface area contributed by atoms with Crippen LogP contribution in [0.4, 0.5) is 14.5 Å². The molecule has 0 aliphatic heterocycles. The molecule has 0 saturated heterocycles. The van der Waals surface area contributed by atoms with Gasteiger partial charge < -0.3 is 0 Å². The lowest BCUT2D eigenvalue weighted by Gasteiger charge is -2.10. The molecule has 0 spiro atoms. The fraction of sp³-hybridized carbons (Fsp3) is 0. The van der Waals surface area contributed by atoms with Crippen molar-refractivity contribution in [2.24, 2.45) is 0 Å². The smallest absolute Gasteiger partial charge is 0.263 e. The standard InChI is InChI=1S/C11H6Br2F2N2O2S/c12-6-1-2-7(13)9(5-6)20(18,19)17-8-3-4-10(14)16-11(8)15/h1-5,17H. The number of halogens is 4. The quantitative estimate of drug-likeness (QED) is 0.760. The summed E-state index contributed by atoms with van der Waals surface area (Å²) < 4.78 is 53.2. The van der Waals surface area contributed by atoms with E-state index in [1.807, 2.05) is 4.72 Å². The van der Waals surface area contributed by atoms with E-state index < -0.39 is 27.6 Å². The molecule has 9 heteroatoms. The van der Waals surface area contributed by atoms with E-state index in [-0.39, 0.29) is 4.90 Å². The monoisotopic (exact) mass is 426 g/mol. The molecule has 0 radical (unpaired) electrons. The Labute approximate surface area is 130 Å². The number of aromatic nitrogens is 1. The Morgan fingerprint density at radius 2 is 1.80 bits per heavy atom. The topological polar surface area (TPSA) is 59.1 Å². The van der Waals surface area contributed by atoms with Crippen LogP contribution >= 0.6 is 31.9 Å². The first-order valence-corrected chi connectivity index (χ1v) is 8.16. The second-order valence-corrected chi connectivity index (χ2v) is 7.07. The van der Waals surface area contributed by atoms with E-state index in [1.54, 1.807) is 6.07 Å². The maximum atomic E-state index is 13.4. The van der Waals surface area contributed by atoms with Gasteiger partial charge in [0.1, 0.15) is 10.6 Å². The summed E-state index contributed by atoms with van der Waals surface area (Å²) in [6.07, 6.45) is 0. The maximum absolute atomic E-state index is 13.4. The number of anilines is 1. The molecule has 1 heterocycles. The Morgan fingerprint density at radius 1 is 1.10 bits per heavy atom. The second kappa shape index (κ2) is 5.74. The molecule has 0 saturated carbocycles. The van der Waals surface area contributed by atoms with Gasteiger partial charge in [0, 0.05) is 8.95 Å². The third-order valence-electron chi connectivity index (χ3n) is 2.24. The largest absolute Gasteiger partial charge is 0.275 e. The molecule has 0 aliphatic carbocycles. The van der Waals surface area contributed by atoms with Crippen molar-refractivity contribution in [1.82, 2.24) is 4.98 Å². The first-order valence-electron chi connectivity index (χ1n) is 5.09. The molecule has 4 nitrogen and oxygen atoms in total. The minimum absolute atomic E-state index is 0.0874. The Balaban J connectivity index is 2.43. The molecule has 0 unspecified atom stereocenters. The number of pyridine rings is 1. The molecule has 2 aromatic rings. The Morgan fingerprint density at radius 3 is 2.45 bits per heavy atom. The van der Waals surface area contributed by atoms with Crippen LogP contribution in [0.3, 0.4) is 0 Å². The highest BCUT2D eigenvalue weighted by atomic mass is 79.9. The first-order chi connectivity index (χ1) is 9.29. The van der Waals surface area contributed by atoms with Crippen LogP contribution in [0.5, 0.6) is 0 Å². The SMILES string of the molecule is O=S(=O)(Nc1ccc(F)nc1F)c1cc(Br)ccc1Br. The van der Waals surface area contributed by atoms with Crippen LogP contribution < -0.4 is 4.72 Å². The maximum Gasteiger partial charge on any atom is 0.263 e. The molecule has 106 valence electrons. The zero-order valence-electron chi connectivity index (χ0n) is 9.57. The molecule has 20 heavy (non-hydrogen) atoms. The van der Waals surface area contributed by atoms with Crippen molar-refractivity contribution in [3.63, 3.8) is 0 Å². The van der Waals surface area contributed by atoms with E-state index in [2.05, 4.69) is 36.8 Å². The predicted octanol–water partition coefficient (Wildman–Crippen LogP) is 3.69. The molecule has 1 aromatic carbocycles. The summed E-state index contributed by atoms with van der Waals surface area (Å²) in [6.45, 7) is 0. The van der Waals surface area contributed by atoms with Crippen molar-refractivity contribution in [3.05, 3.63) is 51.2 Å². The van der Waals surface area contributed by atoms with Crippen LogP contribution in [-0.2, 0) is 10.0 Å². The van der Waals surface area contributed by atoms with E-state index in [1.165, 1.54) is 12.1 Å². The van der Waals surface area contributed by atoms with E-state index in [9.17, 15) is 17.2 Å². The van der Waals surface area contributed by atoms with Crippen LogP contribution in [0.1, 0.15) is 0 Å². The fourth-order valence-corrected chi connectivity index (χ4v) is 3.93. The molecular formula is C11H6Br2F2N2O2S. The van der Waals surface area contributed by atoms with Crippen LogP contribution in [-0.4, -0.2) is 13.4 Å². The molecular weight excluding hydrogens is 422 g/mol. The van der Waals surface area contributed by atoms with Crippen LogP contribution in [0.25, 0.3) is 0 Å². The van der Waals surface area contributed by atoms with Crippen LogP contribution in [0.15, 0.2) is 44.2 Å². The van der Waals surface area contributed by atoms with Gasteiger partial charge in [-0.2, -0.15) is 13.8 Å². The normalized spacial score (nSPS) is 11.4. The number of benzene rings is 1. The Bertz CT molecular complexity index is 769. The van der Waals surface area contributed by atoms with Gasteiger partial charge >= 0.3 is 0 Å². The highest BCUT2D eigenvalue weighted by molar-refractivity contribution is 9.11. The van der Waals surface area contributed by atoms with Crippen molar-refractivity contribution >= 4 is 47.6 Å². The van der Waals surface area contributed by atoms with E-state index >= 15 is 0 Å². The molecule has 0 fully saturated rings. The minimum atomic E-state index is -4.03. The van der Waals surface area contributed by atoms with Crippen molar-refractivity contribution < 1.29 is 17.2 Å². The number of rotatable bonds is 3. The molecule has 0 aliphatic rings. The van der Waals surface area contributed by atoms with Crippen molar-refractivity contribution in [3.8, 4) is 0 Å². The number of nitrogens with one attached hydrogen (secondary N) is 1. The van der Waals surface area contributed by atoms with Gasteiger partial charge in [-0.25, -0.2) is 8.42 Å². The summed E-state index contributed by atoms with van der Waals surface area (Å²) in [7, 11) is -4.03. The molecule has 0 amide bonds. The average Bonchev–Trinajstić information content (AvgIpc) is 2.35. The van der Waals surface area contributed by atoms with Gasteiger partial charge in [-0.1, -0.05) is 15.9 Å². The van der Waals surface area contributed by atoms with Gasteiger partial charge in [0.15, 0.2) is 0 Å². The van der Waals surface area contributed by atoms with Gasteiger partial charge in [-0.05, 0) is 46.3 Å². The minimum Gasteiger partial charge on any atom is -0.275 e. The number of sulfonamides is 1. The zero-order chi connectivity index (χ0) is 14.9. The summed E-state index contributed by atoms with van der Waals surface area (Å²) in [5.74, 6) is -2.27. The lowest BCUT2D eigenvalue weighted by Crippen LogP contribution is -2.15. The molecule has 1 N–H and O–H groups in total. The van der Waals surface area contributed by atoms with Gasteiger partial charge in [-0.3, -0.25) is 4.72 Å². The molecule has 2 rings (SSSR count). The molecule has 0 bridgehead atoms. The fourth-order valence-electron chi connectivity index (χ4n) is 1.37. The van der Waals surface area contributed by atoms with E-state index in [4.69, 9.17) is 0 Å². The lowest BCUT2D eigenvalue weighted by molar-refractivity contribution is 0.515. The highest BCUT2D eigenvalue weighted by Gasteiger charge is 2.20. The van der Waals surface area contributed by atoms with Gasteiger partial charge in [0.25, 0.3) is 10.0 Å². The van der Waals surface area contributed by atoms with Crippen LogP contribution in [0.2, 0.25) is 0 Å². The summed E-state index contributed by atoms with van der Waals surface area (Å²) in [5, 5.41) is 0. The first kappa shape index (κ1) is 15.3. The van der Waals surface area contributed by atoms with Crippen molar-refractivity contribution in [2.45, 2.75) is 4.90 Å². The van der Waals surface area contributed by atoms with E-state index in [0.29, 0.717) is 8.95 Å². The van der Waals surface area contributed by atoms with Gasteiger partial charge in [-0.15, -0.1) is 0 Å². The number of nitrogens with zero attached hydrogens (tertiary/aromatic N) is 1. The number of hydrogen-bond acceptors (Lipinski definition) is 3. The Kier molecular flexibility index (Phi) is 4.40. The second-order valence-electron chi connectivity index (χ2n) is 3.65.